The molecule has 0 bridgehead atoms. The predicted molar refractivity (Wildman–Crippen MR) is 125 cm³/mol. The summed E-state index contributed by atoms with van der Waals surface area (Å²) in [6.07, 6.45) is 0. The minimum absolute atomic E-state index is 0.103. The summed E-state index contributed by atoms with van der Waals surface area (Å²) >= 11 is 6.68. The lowest BCUT2D eigenvalue weighted by Gasteiger charge is -2.45. The molecule has 30 heavy (non-hydrogen) atoms. The van der Waals surface area contributed by atoms with Crippen molar-refractivity contribution in [2.45, 2.75) is 11.2 Å². The van der Waals surface area contributed by atoms with Crippen LogP contribution in [0.25, 0.3) is 0 Å². The SMILES string of the molecule is [2H]c1c([2H])c([2H])c(C2(O)c3ccc(Br)cc3C(O)(c3c([2H])c([2H])c([2H])c([2H])c3[2H])c3ccc(Br)cc32)c([2H])c1[2H]. The molecule has 1 aliphatic rings. The van der Waals surface area contributed by atoms with Crippen LogP contribution in [-0.2, 0) is 11.2 Å². The van der Waals surface area contributed by atoms with Crippen LogP contribution >= 0.6 is 31.9 Å². The van der Waals surface area contributed by atoms with Crippen molar-refractivity contribution in [1.29, 1.82) is 0 Å². The van der Waals surface area contributed by atoms with E-state index in [1.807, 2.05) is 0 Å². The maximum absolute atomic E-state index is 12.6. The molecule has 1 aliphatic carbocycles. The standard InChI is InChI=1S/C26H18Br2O2/c27-19-12-14-22-23(15-19)25(29,17-7-3-1-4-8-17)21-13-11-20(28)16-24(21)26(22,30)18-9-5-2-6-10-18/h1-16,29-30H/i1D,2D,3D,4D,5D,6D,7D,8D,9D,10D. The number of rotatable bonds is 2. The first-order valence-electron chi connectivity index (χ1n) is 13.8. The van der Waals surface area contributed by atoms with E-state index in [0.29, 0.717) is 8.95 Å². The zero-order valence-corrected chi connectivity index (χ0v) is 18.3. The Morgan fingerprint density at radius 1 is 0.567 bits per heavy atom. The van der Waals surface area contributed by atoms with Crippen molar-refractivity contribution in [3.05, 3.63) is 139 Å². The van der Waals surface area contributed by atoms with Gasteiger partial charge in [0.2, 0.25) is 0 Å². The van der Waals surface area contributed by atoms with Gasteiger partial charge in [-0.25, -0.2) is 0 Å². The highest BCUT2D eigenvalue weighted by Gasteiger charge is 2.51. The van der Waals surface area contributed by atoms with E-state index >= 15 is 0 Å². The summed E-state index contributed by atoms with van der Waals surface area (Å²) < 4.78 is 84.3. The van der Waals surface area contributed by atoms with Gasteiger partial charge in [0, 0.05) is 20.1 Å². The number of benzene rings is 4. The zero-order chi connectivity index (χ0) is 29.6. The molecule has 0 fully saturated rings. The lowest BCUT2D eigenvalue weighted by Crippen LogP contribution is -2.44. The number of hydrogen-bond acceptors (Lipinski definition) is 2. The Labute approximate surface area is 206 Å². The highest BCUT2D eigenvalue weighted by atomic mass is 79.9. The predicted octanol–water partition coefficient (Wildman–Crippen LogP) is 6.09. The van der Waals surface area contributed by atoms with Gasteiger partial charge in [-0.2, -0.15) is 0 Å². The molecule has 0 amide bonds. The smallest absolute Gasteiger partial charge is 0.141 e. The molecule has 2 atom stereocenters. The van der Waals surface area contributed by atoms with Gasteiger partial charge in [0.1, 0.15) is 11.2 Å². The summed E-state index contributed by atoms with van der Waals surface area (Å²) in [5.74, 6) is 0. The summed E-state index contributed by atoms with van der Waals surface area (Å²) in [5.41, 5.74) is -6.21. The Hall–Kier alpha value is -2.24. The number of fused-ring (bicyclic) bond motifs is 2. The molecule has 0 saturated carbocycles. The number of hydrogen-bond donors (Lipinski definition) is 2. The molecule has 4 aromatic rings. The molecule has 2 N–H and O–H groups in total. The van der Waals surface area contributed by atoms with Gasteiger partial charge in [0.15, 0.2) is 0 Å². The Bertz CT molecular complexity index is 1590. The fourth-order valence-corrected chi connectivity index (χ4v) is 4.68. The fourth-order valence-electron chi connectivity index (χ4n) is 3.95. The lowest BCUT2D eigenvalue weighted by atomic mass is 9.63. The van der Waals surface area contributed by atoms with Crippen molar-refractivity contribution < 1.29 is 23.9 Å². The first-order valence-corrected chi connectivity index (χ1v) is 10.4. The Morgan fingerprint density at radius 2 is 0.933 bits per heavy atom. The first-order chi connectivity index (χ1) is 18.6. The third-order valence-corrected chi connectivity index (χ3v) is 6.23. The molecule has 2 nitrogen and oxygen atoms in total. The molecule has 0 heterocycles. The van der Waals surface area contributed by atoms with Crippen molar-refractivity contribution in [3.63, 3.8) is 0 Å². The minimum Gasteiger partial charge on any atom is -0.376 e. The fraction of sp³-hybridized carbons (Fsp3) is 0.0769. The maximum atomic E-state index is 12.6. The van der Waals surface area contributed by atoms with Crippen LogP contribution in [0.1, 0.15) is 47.1 Å². The summed E-state index contributed by atoms with van der Waals surface area (Å²) in [6.45, 7) is 0. The first kappa shape index (κ1) is 11.4. The van der Waals surface area contributed by atoms with E-state index in [1.54, 1.807) is 0 Å². The quantitative estimate of drug-likeness (QED) is 0.328. The summed E-state index contributed by atoms with van der Waals surface area (Å²) in [7, 11) is 0. The molecule has 5 rings (SSSR count). The van der Waals surface area contributed by atoms with Gasteiger partial charge >= 0.3 is 0 Å². The van der Waals surface area contributed by atoms with Gasteiger partial charge in [-0.05, 0) is 46.5 Å². The molecule has 0 aliphatic heterocycles. The molecule has 0 aromatic heterocycles. The molecule has 0 saturated heterocycles. The molecule has 2 unspecified atom stereocenters. The average molecular weight is 532 g/mol. The van der Waals surface area contributed by atoms with Crippen LogP contribution < -0.4 is 0 Å². The highest BCUT2D eigenvalue weighted by Crippen LogP contribution is 2.53. The van der Waals surface area contributed by atoms with Crippen LogP contribution in [0.15, 0.2) is 106 Å². The Morgan fingerprint density at radius 3 is 1.30 bits per heavy atom. The van der Waals surface area contributed by atoms with Crippen LogP contribution in [-0.4, -0.2) is 10.2 Å². The monoisotopic (exact) mass is 530 g/mol. The van der Waals surface area contributed by atoms with Gasteiger partial charge in [0.05, 0.1) is 13.7 Å². The van der Waals surface area contributed by atoms with Gasteiger partial charge in [-0.1, -0.05) is 104 Å². The second-order valence-electron chi connectivity index (χ2n) is 6.80. The summed E-state index contributed by atoms with van der Waals surface area (Å²) in [6, 6.07) is 1.96. The Kier molecular flexibility index (Phi) is 2.73. The third-order valence-electron chi connectivity index (χ3n) is 5.25. The molecule has 4 heteroatoms. The van der Waals surface area contributed by atoms with Crippen LogP contribution in [0.3, 0.4) is 0 Å². The molecular weight excluding hydrogens is 504 g/mol. The van der Waals surface area contributed by atoms with Gasteiger partial charge in [-0.15, -0.1) is 0 Å². The van der Waals surface area contributed by atoms with Gasteiger partial charge in [0.25, 0.3) is 0 Å². The van der Waals surface area contributed by atoms with E-state index < -0.39 is 82.8 Å². The second-order valence-corrected chi connectivity index (χ2v) is 8.63. The number of halogens is 2. The summed E-state index contributed by atoms with van der Waals surface area (Å²) in [5, 5.41) is 25.2. The van der Waals surface area contributed by atoms with Crippen molar-refractivity contribution in [1.82, 2.24) is 0 Å². The average Bonchev–Trinajstić information content (AvgIpc) is 2.92. The minimum atomic E-state index is -2.43. The van der Waals surface area contributed by atoms with E-state index in [9.17, 15) is 10.2 Å². The molecule has 4 aromatic carbocycles. The van der Waals surface area contributed by atoms with Crippen molar-refractivity contribution in [2.75, 3.05) is 0 Å². The molecule has 0 radical (unpaired) electrons. The molecular formula is C26H18Br2O2. The van der Waals surface area contributed by atoms with Gasteiger partial charge in [-0.3, -0.25) is 0 Å². The van der Waals surface area contributed by atoms with Gasteiger partial charge < -0.3 is 10.2 Å². The second kappa shape index (κ2) is 7.17. The summed E-state index contributed by atoms with van der Waals surface area (Å²) in [4.78, 5) is 0. The van der Waals surface area contributed by atoms with E-state index in [2.05, 4.69) is 31.9 Å². The maximum Gasteiger partial charge on any atom is 0.141 e. The van der Waals surface area contributed by atoms with Crippen molar-refractivity contribution in [2.24, 2.45) is 0 Å². The number of aliphatic hydroxyl groups is 2. The van der Waals surface area contributed by atoms with E-state index in [0.717, 1.165) is 0 Å². The zero-order valence-electron chi connectivity index (χ0n) is 25.1. The Balaban J connectivity index is 2.05. The highest BCUT2D eigenvalue weighted by molar-refractivity contribution is 9.10. The lowest BCUT2D eigenvalue weighted by molar-refractivity contribution is 0.0746. The van der Waals surface area contributed by atoms with Crippen molar-refractivity contribution >= 4 is 31.9 Å². The third kappa shape index (κ3) is 2.75. The van der Waals surface area contributed by atoms with Crippen LogP contribution in [0.5, 0.6) is 0 Å². The molecule has 0 spiro atoms. The van der Waals surface area contributed by atoms with Crippen LogP contribution in [0.2, 0.25) is 0 Å². The normalized spacial score (nSPS) is 26.9. The van der Waals surface area contributed by atoms with E-state index in [1.165, 1.54) is 36.4 Å². The topological polar surface area (TPSA) is 40.5 Å². The van der Waals surface area contributed by atoms with E-state index in [4.69, 9.17) is 13.7 Å². The van der Waals surface area contributed by atoms with Crippen molar-refractivity contribution in [3.8, 4) is 0 Å². The largest absolute Gasteiger partial charge is 0.376 e. The van der Waals surface area contributed by atoms with Crippen LogP contribution in [0.4, 0.5) is 0 Å². The van der Waals surface area contributed by atoms with E-state index in [-0.39, 0.29) is 22.3 Å². The van der Waals surface area contributed by atoms with Crippen LogP contribution in [0, 0.1) is 0 Å². The molecule has 148 valence electrons.